The number of rotatable bonds is 8. The number of fused-ring (bicyclic) bond motifs is 1. The van der Waals surface area contributed by atoms with Gasteiger partial charge in [-0.05, 0) is 72.7 Å². The Kier molecular flexibility index (Phi) is 8.38. The van der Waals surface area contributed by atoms with E-state index in [0.29, 0.717) is 53.4 Å². The number of halogens is 1. The van der Waals surface area contributed by atoms with E-state index in [-0.39, 0.29) is 17.9 Å². The molecule has 0 saturated heterocycles. The summed E-state index contributed by atoms with van der Waals surface area (Å²) in [5.74, 6) is 0.427. The number of esters is 1. The van der Waals surface area contributed by atoms with Crippen molar-refractivity contribution in [3.63, 3.8) is 0 Å². The van der Waals surface area contributed by atoms with Crippen LogP contribution < -0.4 is 24.4 Å². The van der Waals surface area contributed by atoms with E-state index >= 15 is 0 Å². The Labute approximate surface area is 231 Å². The van der Waals surface area contributed by atoms with Gasteiger partial charge in [-0.15, -0.1) is 0 Å². The third-order valence-corrected chi connectivity index (χ3v) is 7.57. The Morgan fingerprint density at radius 1 is 1.24 bits per heavy atom. The summed E-state index contributed by atoms with van der Waals surface area (Å²) in [7, 11) is 1.47. The van der Waals surface area contributed by atoms with Crippen LogP contribution in [0.25, 0.3) is 6.08 Å². The summed E-state index contributed by atoms with van der Waals surface area (Å²) < 4.78 is 19.2. The predicted molar refractivity (Wildman–Crippen MR) is 150 cm³/mol. The minimum Gasteiger partial charge on any atom is -0.504 e. The van der Waals surface area contributed by atoms with Gasteiger partial charge in [0.1, 0.15) is 11.8 Å². The lowest BCUT2D eigenvalue weighted by Crippen LogP contribution is -2.40. The molecule has 8 nitrogen and oxygen atoms in total. The fraction of sp³-hybridized carbons (Fsp3) is 0.296. The number of aromatic nitrogens is 1. The fourth-order valence-electron chi connectivity index (χ4n) is 4.12. The molecule has 0 amide bonds. The van der Waals surface area contributed by atoms with Crippen LogP contribution in [-0.4, -0.2) is 36.0 Å². The molecule has 1 aromatic heterocycles. The van der Waals surface area contributed by atoms with Gasteiger partial charge in [-0.3, -0.25) is 9.36 Å². The number of hydrogen-bond donors (Lipinski definition) is 1. The summed E-state index contributed by atoms with van der Waals surface area (Å²) in [4.78, 5) is 32.1. The number of thiazole rings is 1. The summed E-state index contributed by atoms with van der Waals surface area (Å²) in [6, 6.07) is 10.1. The second-order valence-electron chi connectivity index (χ2n) is 8.24. The number of ether oxygens (including phenoxy) is 3. The number of hydrogen-bond acceptors (Lipinski definition) is 8. The van der Waals surface area contributed by atoms with E-state index in [1.54, 1.807) is 32.1 Å². The smallest absolute Gasteiger partial charge is 0.338 e. The van der Waals surface area contributed by atoms with E-state index in [1.165, 1.54) is 23.0 Å². The number of nitrogens with zero attached hydrogens (tertiary/aromatic N) is 2. The van der Waals surface area contributed by atoms with Gasteiger partial charge in [0, 0.05) is 5.56 Å². The van der Waals surface area contributed by atoms with E-state index in [2.05, 4.69) is 4.99 Å². The summed E-state index contributed by atoms with van der Waals surface area (Å²) in [5, 5.41) is 10.2. The van der Waals surface area contributed by atoms with Crippen molar-refractivity contribution in [2.45, 2.75) is 33.2 Å². The molecule has 10 heteroatoms. The van der Waals surface area contributed by atoms with E-state index in [4.69, 9.17) is 14.2 Å². The molecule has 0 unspecified atom stereocenters. The number of aromatic hydroxyl groups is 1. The topological polar surface area (TPSA) is 99.4 Å². The Hall–Kier alpha value is -3.12. The van der Waals surface area contributed by atoms with Gasteiger partial charge >= 0.3 is 5.97 Å². The molecule has 3 aromatic rings. The molecule has 194 valence electrons. The Bertz CT molecular complexity index is 1560. The van der Waals surface area contributed by atoms with Crippen LogP contribution in [0.3, 0.4) is 0 Å². The van der Waals surface area contributed by atoms with Crippen LogP contribution in [0.1, 0.15) is 44.4 Å². The third-order valence-electron chi connectivity index (χ3n) is 5.76. The molecule has 0 saturated carbocycles. The van der Waals surface area contributed by atoms with Crippen molar-refractivity contribution < 1.29 is 24.1 Å². The van der Waals surface area contributed by atoms with Gasteiger partial charge < -0.3 is 19.3 Å². The molecule has 0 spiro atoms. The van der Waals surface area contributed by atoms with Crippen molar-refractivity contribution >= 4 is 46.0 Å². The minimum absolute atomic E-state index is 0.0418. The van der Waals surface area contributed by atoms with Crippen molar-refractivity contribution in [1.29, 1.82) is 0 Å². The van der Waals surface area contributed by atoms with E-state index < -0.39 is 12.0 Å². The van der Waals surface area contributed by atoms with Crippen molar-refractivity contribution in [3.05, 3.63) is 82.1 Å². The van der Waals surface area contributed by atoms with Gasteiger partial charge in [-0.25, -0.2) is 9.79 Å². The molecule has 1 aliphatic heterocycles. The highest BCUT2D eigenvalue weighted by Gasteiger charge is 2.35. The Balaban J connectivity index is 1.97. The zero-order valence-corrected chi connectivity index (χ0v) is 23.9. The third kappa shape index (κ3) is 5.30. The molecule has 1 aliphatic rings. The number of para-hydroxylation sites is 1. The van der Waals surface area contributed by atoms with Gasteiger partial charge in [0.05, 0.1) is 39.7 Å². The maximum Gasteiger partial charge on any atom is 0.338 e. The molecule has 1 N–H and O–H groups in total. The monoisotopic (exact) mass is 634 g/mol. The van der Waals surface area contributed by atoms with Crippen LogP contribution in [0.4, 0.5) is 0 Å². The molecular formula is C27H27IN2O6S. The highest BCUT2D eigenvalue weighted by Crippen LogP contribution is 2.36. The summed E-state index contributed by atoms with van der Waals surface area (Å²) in [6.07, 6.45) is 2.54. The molecule has 4 rings (SSSR count). The number of carbonyl (C=O) groups excluding carboxylic acids is 1. The van der Waals surface area contributed by atoms with Crippen molar-refractivity contribution in [2.24, 2.45) is 4.99 Å². The molecule has 0 radical (unpaired) electrons. The number of carbonyl (C=O) groups is 1. The minimum atomic E-state index is -0.764. The van der Waals surface area contributed by atoms with E-state index in [9.17, 15) is 14.7 Å². The first-order chi connectivity index (χ1) is 17.8. The van der Waals surface area contributed by atoms with E-state index in [1.807, 2.05) is 53.8 Å². The SMILES string of the molecule is CCCOc1ccccc1[C@@H]1C(C(=O)OCC)=C(C)N=c2s/c(=C\c3cc(I)c(O)c(OC)c3)c(=O)n21. The normalized spacial score (nSPS) is 15.3. The molecule has 37 heavy (non-hydrogen) atoms. The Morgan fingerprint density at radius 3 is 2.70 bits per heavy atom. The second-order valence-corrected chi connectivity index (χ2v) is 10.4. The summed E-state index contributed by atoms with van der Waals surface area (Å²) >= 11 is 3.24. The fourth-order valence-corrected chi connectivity index (χ4v) is 5.79. The molecule has 2 aromatic carbocycles. The lowest BCUT2D eigenvalue weighted by molar-refractivity contribution is -0.139. The average molecular weight is 634 g/mol. The van der Waals surface area contributed by atoms with Crippen molar-refractivity contribution in [1.82, 2.24) is 4.57 Å². The number of phenolic OH excluding ortho intramolecular Hbond substituents is 1. The standard InChI is InChI=1S/C27H27IN2O6S/c1-5-11-36-19-10-8-7-9-17(19)23-22(26(33)35-6-2)15(3)29-27-30(23)25(32)21(37-27)14-16-12-18(28)24(31)20(13-16)34-4/h7-10,12-14,23,31H,5-6,11H2,1-4H3/b21-14-/t23-/m1/s1. The number of methoxy groups -OCH3 is 1. The van der Waals surface area contributed by atoms with Crippen LogP contribution >= 0.6 is 33.9 Å². The van der Waals surface area contributed by atoms with Crippen LogP contribution in [0.5, 0.6) is 17.2 Å². The predicted octanol–water partition coefficient (Wildman–Crippen LogP) is 3.91. The van der Waals surface area contributed by atoms with Gasteiger partial charge in [0.25, 0.3) is 5.56 Å². The zero-order chi connectivity index (χ0) is 26.7. The van der Waals surface area contributed by atoms with Crippen molar-refractivity contribution in [3.8, 4) is 17.2 Å². The van der Waals surface area contributed by atoms with Gasteiger partial charge in [0.15, 0.2) is 16.3 Å². The highest BCUT2D eigenvalue weighted by molar-refractivity contribution is 14.1. The van der Waals surface area contributed by atoms with Crippen LogP contribution in [0, 0.1) is 3.57 Å². The molecule has 0 aliphatic carbocycles. The molecular weight excluding hydrogens is 607 g/mol. The van der Waals surface area contributed by atoms with Crippen LogP contribution in [0.2, 0.25) is 0 Å². The highest BCUT2D eigenvalue weighted by atomic mass is 127. The Morgan fingerprint density at radius 2 is 2.00 bits per heavy atom. The summed E-state index contributed by atoms with van der Waals surface area (Å²) in [5.41, 5.74) is 1.86. The van der Waals surface area contributed by atoms with Crippen LogP contribution in [-0.2, 0) is 9.53 Å². The lowest BCUT2D eigenvalue weighted by Gasteiger charge is -2.26. The first kappa shape index (κ1) is 26.9. The number of phenols is 1. The van der Waals surface area contributed by atoms with Crippen molar-refractivity contribution in [2.75, 3.05) is 20.3 Å². The summed E-state index contributed by atoms with van der Waals surface area (Å²) in [6.45, 7) is 6.20. The first-order valence-electron chi connectivity index (χ1n) is 11.8. The number of benzene rings is 2. The van der Waals surface area contributed by atoms with Gasteiger partial charge in [-0.1, -0.05) is 36.5 Å². The number of allylic oxidation sites excluding steroid dienone is 1. The largest absolute Gasteiger partial charge is 0.504 e. The zero-order valence-electron chi connectivity index (χ0n) is 20.9. The maximum atomic E-state index is 13.9. The van der Waals surface area contributed by atoms with Crippen LogP contribution in [0.15, 0.2) is 57.5 Å². The van der Waals surface area contributed by atoms with E-state index in [0.717, 1.165) is 6.42 Å². The van der Waals surface area contributed by atoms with Gasteiger partial charge in [0.2, 0.25) is 0 Å². The lowest BCUT2D eigenvalue weighted by atomic mass is 9.95. The molecule has 1 atom stereocenters. The maximum absolute atomic E-state index is 13.9. The second kappa shape index (κ2) is 11.5. The quantitative estimate of drug-likeness (QED) is 0.298. The average Bonchev–Trinajstić information content (AvgIpc) is 3.18. The molecule has 2 heterocycles. The first-order valence-corrected chi connectivity index (χ1v) is 13.7. The molecule has 0 fully saturated rings. The van der Waals surface area contributed by atoms with Gasteiger partial charge in [-0.2, -0.15) is 0 Å². The molecule has 0 bridgehead atoms.